The molecular formula is C17H20F5N5O2. The molecule has 12 heteroatoms. The quantitative estimate of drug-likeness (QED) is 0.703. The smallest absolute Gasteiger partial charge is 0.366 e. The van der Waals surface area contributed by atoms with Gasteiger partial charge in [-0.3, -0.25) is 0 Å². The summed E-state index contributed by atoms with van der Waals surface area (Å²) in [5.41, 5.74) is -1.11. The van der Waals surface area contributed by atoms with Crippen LogP contribution in [0.3, 0.4) is 0 Å². The molecule has 0 aliphatic carbocycles. The first-order valence-electron chi connectivity index (χ1n) is 8.82. The van der Waals surface area contributed by atoms with E-state index in [1.165, 1.54) is 0 Å². The second kappa shape index (κ2) is 7.39. The minimum atomic E-state index is -4.49. The van der Waals surface area contributed by atoms with E-state index in [4.69, 9.17) is 4.74 Å². The highest BCUT2D eigenvalue weighted by Crippen LogP contribution is 2.32. The molecule has 2 aromatic heterocycles. The zero-order chi connectivity index (χ0) is 21.4. The molecule has 29 heavy (non-hydrogen) atoms. The molecule has 0 bridgehead atoms. The van der Waals surface area contributed by atoms with Crippen molar-refractivity contribution in [2.45, 2.75) is 44.5 Å². The van der Waals surface area contributed by atoms with Crippen LogP contribution >= 0.6 is 0 Å². The van der Waals surface area contributed by atoms with Gasteiger partial charge >= 0.3 is 12.2 Å². The third-order valence-corrected chi connectivity index (χ3v) is 4.50. The fourth-order valence-corrected chi connectivity index (χ4v) is 2.72. The number of alkyl halides is 5. The highest BCUT2D eigenvalue weighted by atomic mass is 19.4. The van der Waals surface area contributed by atoms with E-state index in [1.54, 1.807) is 12.1 Å². The molecule has 2 amide bonds. The SMILES string of the molecule is CC(C)(OCCc1nc2nc(CN3CC(F)(F)CNC3=O)ccc2[nH]1)C(F)(F)F. The summed E-state index contributed by atoms with van der Waals surface area (Å²) in [5, 5.41) is 2.12. The Balaban J connectivity index is 1.65. The van der Waals surface area contributed by atoms with Crippen LogP contribution in [-0.2, 0) is 17.7 Å². The Labute approximate surface area is 162 Å². The predicted molar refractivity (Wildman–Crippen MR) is 92.4 cm³/mol. The molecule has 0 radical (unpaired) electrons. The highest BCUT2D eigenvalue weighted by molar-refractivity contribution is 5.75. The average molecular weight is 421 g/mol. The normalized spacial score (nSPS) is 17.6. The summed E-state index contributed by atoms with van der Waals surface area (Å²) in [4.78, 5) is 24.1. The van der Waals surface area contributed by atoms with Gasteiger partial charge < -0.3 is 19.9 Å². The zero-order valence-electron chi connectivity index (χ0n) is 15.7. The van der Waals surface area contributed by atoms with Crippen molar-refractivity contribution < 1.29 is 31.5 Å². The maximum Gasteiger partial charge on any atom is 0.416 e. The minimum absolute atomic E-state index is 0.103. The largest absolute Gasteiger partial charge is 0.416 e. The summed E-state index contributed by atoms with van der Waals surface area (Å²) >= 11 is 0. The summed E-state index contributed by atoms with van der Waals surface area (Å²) in [6, 6.07) is 2.58. The molecule has 2 N–H and O–H groups in total. The Morgan fingerprint density at radius 2 is 1.97 bits per heavy atom. The van der Waals surface area contributed by atoms with E-state index >= 15 is 0 Å². The van der Waals surface area contributed by atoms with Crippen molar-refractivity contribution in [3.05, 3.63) is 23.7 Å². The van der Waals surface area contributed by atoms with Crippen molar-refractivity contribution in [1.82, 2.24) is 25.2 Å². The molecule has 0 aromatic carbocycles. The second-order valence-corrected chi connectivity index (χ2v) is 7.33. The predicted octanol–water partition coefficient (Wildman–Crippen LogP) is 3.02. The van der Waals surface area contributed by atoms with Crippen LogP contribution in [0.15, 0.2) is 12.1 Å². The number of aromatic nitrogens is 3. The van der Waals surface area contributed by atoms with E-state index in [2.05, 4.69) is 20.3 Å². The number of ether oxygens (including phenoxy) is 1. The fraction of sp³-hybridized carbons (Fsp3) is 0.588. The molecule has 2 aromatic rings. The molecule has 0 saturated carbocycles. The Morgan fingerprint density at radius 1 is 1.24 bits per heavy atom. The first kappa shape index (κ1) is 21.2. The van der Waals surface area contributed by atoms with Gasteiger partial charge in [0.1, 0.15) is 5.82 Å². The van der Waals surface area contributed by atoms with Crippen molar-refractivity contribution >= 4 is 17.2 Å². The van der Waals surface area contributed by atoms with E-state index in [-0.39, 0.29) is 25.2 Å². The fourth-order valence-electron chi connectivity index (χ4n) is 2.72. The minimum Gasteiger partial charge on any atom is -0.366 e. The molecule has 3 rings (SSSR count). The van der Waals surface area contributed by atoms with Crippen molar-refractivity contribution in [2.24, 2.45) is 0 Å². The summed E-state index contributed by atoms with van der Waals surface area (Å²) in [7, 11) is 0. The van der Waals surface area contributed by atoms with Crippen LogP contribution in [-0.4, -0.2) is 63.3 Å². The standard InChI is InChI=1S/C17H20F5N5O2/c1-15(2,17(20,21)22)29-6-5-12-25-11-4-3-10(24-13(11)26-12)7-27-9-16(18,19)8-23-14(27)28/h3-4H,5-9H2,1-2H3,(H,23,28)(H,24,25,26). The maximum absolute atomic E-state index is 13.5. The van der Waals surface area contributed by atoms with E-state index in [0.29, 0.717) is 17.0 Å². The van der Waals surface area contributed by atoms with E-state index in [0.717, 1.165) is 18.7 Å². The molecule has 0 atom stereocenters. The first-order chi connectivity index (χ1) is 13.4. The van der Waals surface area contributed by atoms with E-state index in [1.807, 2.05) is 0 Å². The number of nitrogens with one attached hydrogen (secondary N) is 2. The first-order valence-corrected chi connectivity index (χ1v) is 8.82. The lowest BCUT2D eigenvalue weighted by atomic mass is 10.1. The topological polar surface area (TPSA) is 83.1 Å². The van der Waals surface area contributed by atoms with Crippen LogP contribution in [0.5, 0.6) is 0 Å². The molecule has 0 unspecified atom stereocenters. The van der Waals surface area contributed by atoms with Gasteiger partial charge in [0.2, 0.25) is 0 Å². The molecule has 160 valence electrons. The summed E-state index contributed by atoms with van der Waals surface area (Å²) in [5.74, 6) is -2.65. The van der Waals surface area contributed by atoms with Crippen LogP contribution in [0.2, 0.25) is 0 Å². The third-order valence-electron chi connectivity index (χ3n) is 4.50. The number of pyridine rings is 1. The summed E-state index contributed by atoms with van der Waals surface area (Å²) in [6.45, 7) is 0.144. The average Bonchev–Trinajstić information content (AvgIpc) is 2.99. The lowest BCUT2D eigenvalue weighted by Crippen LogP contribution is -2.56. The second-order valence-electron chi connectivity index (χ2n) is 7.33. The van der Waals surface area contributed by atoms with Gasteiger partial charge in [0.25, 0.3) is 5.92 Å². The number of imidazole rings is 1. The number of hydrogen-bond acceptors (Lipinski definition) is 4. The number of rotatable bonds is 6. The number of H-pyrrole nitrogens is 1. The van der Waals surface area contributed by atoms with Crippen LogP contribution in [0.25, 0.3) is 11.2 Å². The van der Waals surface area contributed by atoms with Gasteiger partial charge in [-0.05, 0) is 26.0 Å². The number of hydrogen-bond donors (Lipinski definition) is 2. The highest BCUT2D eigenvalue weighted by Gasteiger charge is 2.48. The number of aromatic amines is 1. The number of fused-ring (bicyclic) bond motifs is 1. The van der Waals surface area contributed by atoms with Gasteiger partial charge in [0.05, 0.1) is 37.5 Å². The number of halogens is 5. The van der Waals surface area contributed by atoms with Crippen molar-refractivity contribution in [3.63, 3.8) is 0 Å². The van der Waals surface area contributed by atoms with Gasteiger partial charge in [-0.1, -0.05) is 0 Å². The summed E-state index contributed by atoms with van der Waals surface area (Å²) < 4.78 is 70.3. The van der Waals surface area contributed by atoms with Crippen molar-refractivity contribution in [3.8, 4) is 0 Å². The third kappa shape index (κ3) is 4.92. The number of urea groups is 1. The Bertz CT molecular complexity index is 896. The van der Waals surface area contributed by atoms with Crippen molar-refractivity contribution in [2.75, 3.05) is 19.7 Å². The Kier molecular flexibility index (Phi) is 5.41. The molecule has 1 fully saturated rings. The van der Waals surface area contributed by atoms with Crippen LogP contribution in [0.4, 0.5) is 26.7 Å². The Hall–Kier alpha value is -2.50. The van der Waals surface area contributed by atoms with Crippen LogP contribution < -0.4 is 5.32 Å². The van der Waals surface area contributed by atoms with Gasteiger partial charge in [0.15, 0.2) is 11.2 Å². The van der Waals surface area contributed by atoms with E-state index in [9.17, 15) is 26.7 Å². The van der Waals surface area contributed by atoms with E-state index < -0.39 is 36.8 Å². The summed E-state index contributed by atoms with van der Waals surface area (Å²) in [6.07, 6.45) is -4.39. The molecule has 1 aliphatic rings. The number of nitrogens with zero attached hydrogens (tertiary/aromatic N) is 3. The number of carbonyl (C=O) groups is 1. The van der Waals surface area contributed by atoms with Crippen LogP contribution in [0.1, 0.15) is 25.4 Å². The maximum atomic E-state index is 13.5. The lowest BCUT2D eigenvalue weighted by molar-refractivity contribution is -0.263. The van der Waals surface area contributed by atoms with Gasteiger partial charge in [0, 0.05) is 6.42 Å². The van der Waals surface area contributed by atoms with Gasteiger partial charge in [-0.25, -0.2) is 23.5 Å². The van der Waals surface area contributed by atoms with Crippen molar-refractivity contribution in [1.29, 1.82) is 0 Å². The zero-order valence-corrected chi connectivity index (χ0v) is 15.7. The molecule has 0 spiro atoms. The number of carbonyl (C=O) groups excluding carboxylic acids is 1. The molecule has 7 nitrogen and oxygen atoms in total. The molecule has 1 saturated heterocycles. The van der Waals surface area contributed by atoms with Gasteiger partial charge in [-0.15, -0.1) is 0 Å². The van der Waals surface area contributed by atoms with Crippen LogP contribution in [0, 0.1) is 0 Å². The monoisotopic (exact) mass is 421 g/mol. The van der Waals surface area contributed by atoms with Gasteiger partial charge in [-0.2, -0.15) is 13.2 Å². The lowest BCUT2D eigenvalue weighted by Gasteiger charge is -2.32. The Morgan fingerprint density at radius 3 is 2.66 bits per heavy atom. The molecular weight excluding hydrogens is 401 g/mol. The molecule has 3 heterocycles. The molecule has 1 aliphatic heterocycles. The number of amides is 2.